The third-order valence-corrected chi connectivity index (χ3v) is 6.58. The molecular formula is C25H19FINO4S. The molecule has 0 saturated carbocycles. The molecule has 0 atom stereocenters. The van der Waals surface area contributed by atoms with E-state index in [9.17, 15) is 14.0 Å². The van der Waals surface area contributed by atoms with Gasteiger partial charge in [-0.05, 0) is 81.9 Å². The fourth-order valence-corrected chi connectivity index (χ4v) is 4.42. The van der Waals surface area contributed by atoms with Crippen LogP contribution >= 0.6 is 34.4 Å². The van der Waals surface area contributed by atoms with Crippen molar-refractivity contribution in [2.75, 3.05) is 7.11 Å². The van der Waals surface area contributed by atoms with Gasteiger partial charge >= 0.3 is 0 Å². The molecule has 3 aromatic carbocycles. The minimum absolute atomic E-state index is 0.0554. The first kappa shape index (κ1) is 23.3. The van der Waals surface area contributed by atoms with Crippen molar-refractivity contribution in [2.45, 2.75) is 13.2 Å². The van der Waals surface area contributed by atoms with Gasteiger partial charge in [0.25, 0.3) is 11.1 Å². The second-order valence-electron chi connectivity index (χ2n) is 7.18. The van der Waals surface area contributed by atoms with Gasteiger partial charge < -0.3 is 9.47 Å². The summed E-state index contributed by atoms with van der Waals surface area (Å²) in [6.45, 7) is 0.283. The molecule has 1 saturated heterocycles. The number of methoxy groups -OCH3 is 1. The number of halogens is 2. The number of amides is 2. The van der Waals surface area contributed by atoms with Gasteiger partial charge in [0.1, 0.15) is 12.4 Å². The molecule has 4 rings (SSSR count). The van der Waals surface area contributed by atoms with Crippen LogP contribution in [0.4, 0.5) is 9.18 Å². The molecule has 33 heavy (non-hydrogen) atoms. The Hall–Kier alpha value is -2.85. The molecule has 1 aliphatic rings. The molecule has 168 valence electrons. The SMILES string of the molecule is COc1cc(/C=C2/SC(=O)N(Cc3ccc(I)cc3)C2=O)ccc1OCc1ccccc1F. The highest BCUT2D eigenvalue weighted by Crippen LogP contribution is 2.35. The predicted molar refractivity (Wildman–Crippen MR) is 134 cm³/mol. The summed E-state index contributed by atoms with van der Waals surface area (Å²) in [6.07, 6.45) is 1.65. The fourth-order valence-electron chi connectivity index (χ4n) is 3.22. The highest BCUT2D eigenvalue weighted by molar-refractivity contribution is 14.1. The molecule has 0 spiro atoms. The smallest absolute Gasteiger partial charge is 0.293 e. The lowest BCUT2D eigenvalue weighted by Gasteiger charge is -2.13. The number of carbonyl (C=O) groups excluding carboxylic acids is 2. The molecule has 1 fully saturated rings. The number of rotatable bonds is 7. The number of hydrogen-bond acceptors (Lipinski definition) is 5. The van der Waals surface area contributed by atoms with Gasteiger partial charge in [-0.15, -0.1) is 0 Å². The second kappa shape index (κ2) is 10.4. The summed E-state index contributed by atoms with van der Waals surface area (Å²) >= 11 is 3.11. The number of thioether (sulfide) groups is 1. The van der Waals surface area contributed by atoms with Crippen LogP contribution in [-0.2, 0) is 17.9 Å². The molecule has 5 nitrogen and oxygen atoms in total. The van der Waals surface area contributed by atoms with Gasteiger partial charge in [0, 0.05) is 9.13 Å². The maximum absolute atomic E-state index is 13.8. The number of carbonyl (C=O) groups is 2. The van der Waals surface area contributed by atoms with Crippen molar-refractivity contribution < 1.29 is 23.5 Å². The van der Waals surface area contributed by atoms with Crippen LogP contribution in [0.15, 0.2) is 71.6 Å². The van der Waals surface area contributed by atoms with Crippen LogP contribution in [0.25, 0.3) is 6.08 Å². The van der Waals surface area contributed by atoms with Crippen molar-refractivity contribution in [2.24, 2.45) is 0 Å². The van der Waals surface area contributed by atoms with E-state index in [1.54, 1.807) is 42.5 Å². The average Bonchev–Trinajstić information content (AvgIpc) is 3.07. The molecule has 2 amide bonds. The predicted octanol–water partition coefficient (Wildman–Crippen LogP) is 6.25. The first-order valence-corrected chi connectivity index (χ1v) is 11.9. The summed E-state index contributed by atoms with van der Waals surface area (Å²) in [7, 11) is 1.50. The minimum atomic E-state index is -0.339. The average molecular weight is 575 g/mol. The Labute approximate surface area is 208 Å². The fraction of sp³-hybridized carbons (Fsp3) is 0.120. The Morgan fingerprint density at radius 2 is 1.79 bits per heavy atom. The summed E-state index contributed by atoms with van der Waals surface area (Å²) < 4.78 is 26.1. The number of imide groups is 1. The van der Waals surface area contributed by atoms with E-state index in [2.05, 4.69) is 22.6 Å². The molecular weight excluding hydrogens is 556 g/mol. The Balaban J connectivity index is 1.49. The summed E-state index contributed by atoms with van der Waals surface area (Å²) in [4.78, 5) is 26.8. The van der Waals surface area contributed by atoms with Crippen LogP contribution in [-0.4, -0.2) is 23.2 Å². The van der Waals surface area contributed by atoms with Gasteiger partial charge in [0.05, 0.1) is 18.6 Å². The first-order chi connectivity index (χ1) is 15.9. The Bertz CT molecular complexity index is 1230. The van der Waals surface area contributed by atoms with E-state index < -0.39 is 0 Å². The monoisotopic (exact) mass is 575 g/mol. The van der Waals surface area contributed by atoms with E-state index in [4.69, 9.17) is 9.47 Å². The van der Waals surface area contributed by atoms with Crippen LogP contribution in [0.2, 0.25) is 0 Å². The van der Waals surface area contributed by atoms with Gasteiger partial charge in [-0.2, -0.15) is 0 Å². The molecule has 0 radical (unpaired) electrons. The highest BCUT2D eigenvalue weighted by Gasteiger charge is 2.35. The summed E-state index contributed by atoms with van der Waals surface area (Å²) in [5.74, 6) is 0.222. The first-order valence-electron chi connectivity index (χ1n) is 9.98. The second-order valence-corrected chi connectivity index (χ2v) is 9.42. The van der Waals surface area contributed by atoms with Gasteiger partial charge in [-0.25, -0.2) is 4.39 Å². The number of hydrogen-bond donors (Lipinski definition) is 0. The molecule has 8 heteroatoms. The molecule has 0 N–H and O–H groups in total. The van der Waals surface area contributed by atoms with E-state index in [1.165, 1.54) is 18.1 Å². The molecule has 0 aromatic heterocycles. The van der Waals surface area contributed by atoms with Crippen molar-refractivity contribution in [3.8, 4) is 11.5 Å². The van der Waals surface area contributed by atoms with Crippen LogP contribution in [0.3, 0.4) is 0 Å². The van der Waals surface area contributed by atoms with Crippen molar-refractivity contribution in [3.05, 3.63) is 97.7 Å². The lowest BCUT2D eigenvalue weighted by Crippen LogP contribution is -2.27. The molecule has 1 heterocycles. The molecule has 1 aliphatic heterocycles. The van der Waals surface area contributed by atoms with Crippen LogP contribution < -0.4 is 9.47 Å². The van der Waals surface area contributed by atoms with Gasteiger partial charge in [0.15, 0.2) is 11.5 Å². The maximum Gasteiger partial charge on any atom is 0.293 e. The minimum Gasteiger partial charge on any atom is -0.493 e. The zero-order valence-corrected chi connectivity index (χ0v) is 20.6. The van der Waals surface area contributed by atoms with Crippen molar-refractivity contribution >= 4 is 51.6 Å². The van der Waals surface area contributed by atoms with Gasteiger partial charge in [0.2, 0.25) is 0 Å². The summed E-state index contributed by atoms with van der Waals surface area (Å²) in [5, 5.41) is -0.304. The Morgan fingerprint density at radius 1 is 1.03 bits per heavy atom. The maximum atomic E-state index is 13.8. The summed E-state index contributed by atoms with van der Waals surface area (Å²) in [5.41, 5.74) is 2.01. The zero-order valence-electron chi connectivity index (χ0n) is 17.6. The number of nitrogens with zero attached hydrogens (tertiary/aromatic N) is 1. The summed E-state index contributed by atoms with van der Waals surface area (Å²) in [6, 6.07) is 19.2. The topological polar surface area (TPSA) is 55.8 Å². The van der Waals surface area contributed by atoms with Crippen molar-refractivity contribution in [1.82, 2.24) is 4.90 Å². The van der Waals surface area contributed by atoms with Gasteiger partial charge in [-0.3, -0.25) is 14.5 Å². The molecule has 0 aliphatic carbocycles. The van der Waals surface area contributed by atoms with E-state index in [1.807, 2.05) is 24.3 Å². The standard InChI is InChI=1S/C25H19FINO4S/c1-31-22-12-17(8-11-21(22)32-15-18-4-2-3-5-20(18)26)13-23-24(29)28(25(30)33-23)14-16-6-9-19(27)10-7-16/h2-13H,14-15H2,1H3/b23-13+. The largest absolute Gasteiger partial charge is 0.493 e. The van der Waals surface area contributed by atoms with Crippen LogP contribution in [0.1, 0.15) is 16.7 Å². The lowest BCUT2D eigenvalue weighted by molar-refractivity contribution is -0.123. The third kappa shape index (κ3) is 5.56. The quantitative estimate of drug-likeness (QED) is 0.246. The molecule has 0 unspecified atom stereocenters. The molecule has 0 bridgehead atoms. The van der Waals surface area contributed by atoms with E-state index in [0.29, 0.717) is 27.5 Å². The van der Waals surface area contributed by atoms with E-state index >= 15 is 0 Å². The third-order valence-electron chi connectivity index (χ3n) is 4.95. The Kier molecular flexibility index (Phi) is 7.34. The lowest BCUT2D eigenvalue weighted by atomic mass is 10.1. The number of benzene rings is 3. The Morgan fingerprint density at radius 3 is 2.52 bits per heavy atom. The van der Waals surface area contributed by atoms with E-state index in [0.717, 1.165) is 20.9 Å². The molecule has 3 aromatic rings. The zero-order chi connectivity index (χ0) is 23.4. The van der Waals surface area contributed by atoms with Crippen LogP contribution in [0.5, 0.6) is 11.5 Å². The van der Waals surface area contributed by atoms with E-state index in [-0.39, 0.29) is 30.1 Å². The highest BCUT2D eigenvalue weighted by atomic mass is 127. The van der Waals surface area contributed by atoms with Crippen molar-refractivity contribution in [1.29, 1.82) is 0 Å². The van der Waals surface area contributed by atoms with Gasteiger partial charge in [-0.1, -0.05) is 36.4 Å². The number of ether oxygens (including phenoxy) is 2. The van der Waals surface area contributed by atoms with Crippen molar-refractivity contribution in [3.63, 3.8) is 0 Å². The normalized spacial score (nSPS) is 14.8. The van der Waals surface area contributed by atoms with Crippen LogP contribution in [0, 0.1) is 9.39 Å².